The molecule has 1 aliphatic rings. The van der Waals surface area contributed by atoms with Gasteiger partial charge in [-0.05, 0) is 49.2 Å². The van der Waals surface area contributed by atoms with Gasteiger partial charge in [0, 0.05) is 42.5 Å². The number of benzene rings is 2. The van der Waals surface area contributed by atoms with Gasteiger partial charge in [-0.2, -0.15) is 0 Å². The van der Waals surface area contributed by atoms with Crippen LogP contribution in [0.3, 0.4) is 0 Å². The lowest BCUT2D eigenvalue weighted by Crippen LogP contribution is -2.48. The van der Waals surface area contributed by atoms with Crippen molar-refractivity contribution in [2.24, 2.45) is 0 Å². The van der Waals surface area contributed by atoms with Crippen LogP contribution in [0.2, 0.25) is 5.02 Å². The molecule has 6 heteroatoms. The van der Waals surface area contributed by atoms with Crippen molar-refractivity contribution < 1.29 is 14.3 Å². The van der Waals surface area contributed by atoms with Crippen LogP contribution >= 0.6 is 11.6 Å². The zero-order valence-electron chi connectivity index (χ0n) is 17.2. The molecule has 1 fully saturated rings. The Labute approximate surface area is 178 Å². The minimum absolute atomic E-state index is 0.0270. The predicted octanol–water partition coefficient (Wildman–Crippen LogP) is 4.88. The Morgan fingerprint density at radius 1 is 0.931 bits per heavy atom. The summed E-state index contributed by atoms with van der Waals surface area (Å²) in [5.41, 5.74) is 1.73. The molecule has 1 amide bonds. The number of hydrogen-bond acceptors (Lipinski definition) is 4. The third-order valence-electron chi connectivity index (χ3n) is 4.85. The highest BCUT2D eigenvalue weighted by Crippen LogP contribution is 2.30. The number of rotatable bonds is 8. The first-order valence-electron chi connectivity index (χ1n) is 10.3. The van der Waals surface area contributed by atoms with Gasteiger partial charge in [-0.1, -0.05) is 31.5 Å². The first kappa shape index (κ1) is 21.3. The number of halogens is 1. The van der Waals surface area contributed by atoms with Crippen LogP contribution < -0.4 is 14.4 Å². The van der Waals surface area contributed by atoms with E-state index in [2.05, 4.69) is 24.8 Å². The van der Waals surface area contributed by atoms with Crippen molar-refractivity contribution in [3.63, 3.8) is 0 Å². The van der Waals surface area contributed by atoms with Gasteiger partial charge < -0.3 is 19.3 Å². The van der Waals surface area contributed by atoms with E-state index in [1.54, 1.807) is 0 Å². The van der Waals surface area contributed by atoms with E-state index >= 15 is 0 Å². The lowest BCUT2D eigenvalue weighted by Gasteiger charge is -2.36. The standard InChI is InChI=1S/C23H29ClN2O3/c1-3-14-28-21-9-8-18(16-22(21)29-15-4-2)23(27)26-12-10-25(11-13-26)20-7-5-6-19(24)17-20/h5-9,16-17H,3-4,10-15H2,1-2H3. The van der Waals surface area contributed by atoms with Crippen LogP contribution in [-0.2, 0) is 0 Å². The summed E-state index contributed by atoms with van der Waals surface area (Å²) in [6.45, 7) is 8.25. The van der Waals surface area contributed by atoms with Gasteiger partial charge in [0.15, 0.2) is 11.5 Å². The Morgan fingerprint density at radius 3 is 2.28 bits per heavy atom. The molecule has 0 spiro atoms. The molecule has 0 atom stereocenters. The smallest absolute Gasteiger partial charge is 0.254 e. The van der Waals surface area contributed by atoms with E-state index in [4.69, 9.17) is 21.1 Å². The highest BCUT2D eigenvalue weighted by Gasteiger charge is 2.23. The molecule has 29 heavy (non-hydrogen) atoms. The van der Waals surface area contributed by atoms with Gasteiger partial charge in [0.25, 0.3) is 5.91 Å². The van der Waals surface area contributed by atoms with Crippen LogP contribution in [0.5, 0.6) is 11.5 Å². The highest BCUT2D eigenvalue weighted by atomic mass is 35.5. The summed E-state index contributed by atoms with van der Waals surface area (Å²) in [6, 6.07) is 13.3. The summed E-state index contributed by atoms with van der Waals surface area (Å²) >= 11 is 6.11. The highest BCUT2D eigenvalue weighted by molar-refractivity contribution is 6.30. The van der Waals surface area contributed by atoms with Crippen molar-refractivity contribution in [2.45, 2.75) is 26.7 Å². The summed E-state index contributed by atoms with van der Waals surface area (Å²) in [6.07, 6.45) is 1.82. The van der Waals surface area contributed by atoms with Crippen LogP contribution in [-0.4, -0.2) is 50.2 Å². The molecule has 0 radical (unpaired) electrons. The Bertz CT molecular complexity index is 820. The minimum Gasteiger partial charge on any atom is -0.490 e. The molecule has 0 saturated carbocycles. The molecule has 0 aliphatic carbocycles. The molecular weight excluding hydrogens is 388 g/mol. The van der Waals surface area contributed by atoms with E-state index in [0.29, 0.717) is 43.4 Å². The number of piperazine rings is 1. The summed E-state index contributed by atoms with van der Waals surface area (Å²) in [5, 5.41) is 0.728. The van der Waals surface area contributed by atoms with Gasteiger partial charge in [0.05, 0.1) is 13.2 Å². The van der Waals surface area contributed by atoms with Crippen LogP contribution in [0.4, 0.5) is 5.69 Å². The topological polar surface area (TPSA) is 42.0 Å². The Kier molecular flexibility index (Phi) is 7.64. The van der Waals surface area contributed by atoms with E-state index in [1.165, 1.54) is 0 Å². The average molecular weight is 417 g/mol. The molecule has 3 rings (SSSR count). The molecule has 1 aliphatic heterocycles. The summed E-state index contributed by atoms with van der Waals surface area (Å²) in [5.74, 6) is 1.37. The third kappa shape index (κ3) is 5.57. The number of carbonyl (C=O) groups excluding carboxylic acids is 1. The van der Waals surface area contributed by atoms with Gasteiger partial charge in [-0.25, -0.2) is 0 Å². The molecule has 1 heterocycles. The maximum Gasteiger partial charge on any atom is 0.254 e. The quantitative estimate of drug-likeness (QED) is 0.615. The summed E-state index contributed by atoms with van der Waals surface area (Å²) < 4.78 is 11.6. The number of anilines is 1. The fourth-order valence-electron chi connectivity index (χ4n) is 3.32. The van der Waals surface area contributed by atoms with Crippen molar-refractivity contribution in [2.75, 3.05) is 44.3 Å². The fourth-order valence-corrected chi connectivity index (χ4v) is 3.50. The van der Waals surface area contributed by atoms with Gasteiger partial charge in [-0.15, -0.1) is 0 Å². The lowest BCUT2D eigenvalue weighted by atomic mass is 10.1. The maximum atomic E-state index is 13.0. The number of hydrogen-bond donors (Lipinski definition) is 0. The monoisotopic (exact) mass is 416 g/mol. The second kappa shape index (κ2) is 10.4. The molecule has 5 nitrogen and oxygen atoms in total. The zero-order chi connectivity index (χ0) is 20.6. The number of amides is 1. The van der Waals surface area contributed by atoms with Gasteiger partial charge in [0.2, 0.25) is 0 Å². The molecule has 0 N–H and O–H groups in total. The average Bonchev–Trinajstić information content (AvgIpc) is 2.76. The van der Waals surface area contributed by atoms with Gasteiger partial charge in [-0.3, -0.25) is 4.79 Å². The van der Waals surface area contributed by atoms with Crippen LogP contribution in [0, 0.1) is 0 Å². The van der Waals surface area contributed by atoms with Crippen molar-refractivity contribution in [1.82, 2.24) is 4.90 Å². The van der Waals surface area contributed by atoms with Crippen molar-refractivity contribution in [1.29, 1.82) is 0 Å². The van der Waals surface area contributed by atoms with E-state index in [9.17, 15) is 4.79 Å². The largest absolute Gasteiger partial charge is 0.490 e. The molecule has 0 bridgehead atoms. The second-order valence-electron chi connectivity index (χ2n) is 7.12. The minimum atomic E-state index is 0.0270. The number of carbonyl (C=O) groups is 1. The Hall–Kier alpha value is -2.40. The van der Waals surface area contributed by atoms with Crippen molar-refractivity contribution >= 4 is 23.2 Å². The molecule has 2 aromatic rings. The van der Waals surface area contributed by atoms with Gasteiger partial charge >= 0.3 is 0 Å². The van der Waals surface area contributed by atoms with E-state index in [1.807, 2.05) is 41.3 Å². The van der Waals surface area contributed by atoms with E-state index < -0.39 is 0 Å². The normalized spacial score (nSPS) is 14.0. The Morgan fingerprint density at radius 2 is 1.62 bits per heavy atom. The SMILES string of the molecule is CCCOc1ccc(C(=O)N2CCN(c3cccc(Cl)c3)CC2)cc1OCCC. The number of nitrogens with zero attached hydrogens (tertiary/aromatic N) is 2. The summed E-state index contributed by atoms with van der Waals surface area (Å²) in [4.78, 5) is 17.2. The van der Waals surface area contributed by atoms with Crippen LogP contribution in [0.25, 0.3) is 0 Å². The zero-order valence-corrected chi connectivity index (χ0v) is 18.0. The van der Waals surface area contributed by atoms with Gasteiger partial charge in [0.1, 0.15) is 0 Å². The van der Waals surface area contributed by atoms with Crippen LogP contribution in [0.15, 0.2) is 42.5 Å². The first-order chi connectivity index (χ1) is 14.1. The molecule has 1 saturated heterocycles. The van der Waals surface area contributed by atoms with Crippen LogP contribution in [0.1, 0.15) is 37.0 Å². The molecule has 2 aromatic carbocycles. The maximum absolute atomic E-state index is 13.0. The van der Waals surface area contributed by atoms with E-state index in [0.717, 1.165) is 36.6 Å². The van der Waals surface area contributed by atoms with E-state index in [-0.39, 0.29) is 5.91 Å². The van der Waals surface area contributed by atoms with Crippen molar-refractivity contribution in [3.8, 4) is 11.5 Å². The molecule has 0 aromatic heterocycles. The molecule has 0 unspecified atom stereocenters. The first-order valence-corrected chi connectivity index (χ1v) is 10.7. The summed E-state index contributed by atoms with van der Waals surface area (Å²) in [7, 11) is 0. The molecule has 156 valence electrons. The lowest BCUT2D eigenvalue weighted by molar-refractivity contribution is 0.0746. The Balaban J connectivity index is 1.67. The molecular formula is C23H29ClN2O3. The second-order valence-corrected chi connectivity index (χ2v) is 7.55. The predicted molar refractivity (Wildman–Crippen MR) is 118 cm³/mol. The third-order valence-corrected chi connectivity index (χ3v) is 5.09. The fraction of sp³-hybridized carbons (Fsp3) is 0.435. The number of ether oxygens (including phenoxy) is 2. The van der Waals surface area contributed by atoms with Crippen molar-refractivity contribution in [3.05, 3.63) is 53.1 Å².